The van der Waals surface area contributed by atoms with Gasteiger partial charge >= 0.3 is 0 Å². The van der Waals surface area contributed by atoms with Gasteiger partial charge in [-0.25, -0.2) is 9.97 Å². The second-order valence-corrected chi connectivity index (χ2v) is 4.64. The lowest BCUT2D eigenvalue weighted by Crippen LogP contribution is -1.99. The topological polar surface area (TPSA) is 93.8 Å². The molecule has 3 aromatic rings. The van der Waals surface area contributed by atoms with Crippen molar-refractivity contribution in [2.45, 2.75) is 6.92 Å². The largest absolute Gasteiger partial charge is 0.383 e. The van der Waals surface area contributed by atoms with Crippen molar-refractivity contribution in [2.24, 2.45) is 0 Å². The van der Waals surface area contributed by atoms with Gasteiger partial charge in [0, 0.05) is 29.5 Å². The molecule has 0 fully saturated rings. The molecule has 3 rings (SSSR count). The summed E-state index contributed by atoms with van der Waals surface area (Å²) in [4.78, 5) is 23.2. The van der Waals surface area contributed by atoms with Gasteiger partial charge in [0.1, 0.15) is 11.6 Å². The summed E-state index contributed by atoms with van der Waals surface area (Å²) in [6.45, 7) is 1.99. The van der Waals surface area contributed by atoms with Gasteiger partial charge < -0.3 is 11.1 Å². The fourth-order valence-corrected chi connectivity index (χ4v) is 2.18. The fourth-order valence-electron chi connectivity index (χ4n) is 2.18. The lowest BCUT2D eigenvalue weighted by molar-refractivity contribution is -0.105. The molecule has 104 valence electrons. The van der Waals surface area contributed by atoms with Crippen LogP contribution in [0.2, 0.25) is 0 Å². The summed E-state index contributed by atoms with van der Waals surface area (Å²) in [7, 11) is 0. The molecule has 0 spiro atoms. The highest BCUT2D eigenvalue weighted by Gasteiger charge is 2.09. The van der Waals surface area contributed by atoms with Gasteiger partial charge in [0.15, 0.2) is 0 Å². The Kier molecular flexibility index (Phi) is 3.19. The zero-order chi connectivity index (χ0) is 14.8. The molecular formula is C15H13N5O. The first kappa shape index (κ1) is 13.0. The van der Waals surface area contributed by atoms with Gasteiger partial charge in [-0.15, -0.1) is 0 Å². The summed E-state index contributed by atoms with van der Waals surface area (Å²) in [5.74, 6) is 0.868. The summed E-state index contributed by atoms with van der Waals surface area (Å²) in [5.41, 5.74) is 8.74. The van der Waals surface area contributed by atoms with Crippen LogP contribution in [0.5, 0.6) is 0 Å². The maximum Gasteiger partial charge on any atom is 0.212 e. The minimum atomic E-state index is 0.399. The second-order valence-electron chi connectivity index (χ2n) is 4.64. The van der Waals surface area contributed by atoms with Crippen molar-refractivity contribution in [1.82, 2.24) is 15.0 Å². The molecule has 0 saturated carbocycles. The molecule has 1 amide bonds. The smallest absolute Gasteiger partial charge is 0.212 e. The van der Waals surface area contributed by atoms with Gasteiger partial charge in [-0.2, -0.15) is 0 Å². The van der Waals surface area contributed by atoms with E-state index < -0.39 is 0 Å². The van der Waals surface area contributed by atoms with Crippen LogP contribution in [0.3, 0.4) is 0 Å². The number of hydrogen-bond donors (Lipinski definition) is 2. The minimum absolute atomic E-state index is 0.399. The van der Waals surface area contributed by atoms with Gasteiger partial charge in [-0.05, 0) is 36.1 Å². The molecule has 0 atom stereocenters. The summed E-state index contributed by atoms with van der Waals surface area (Å²) in [6.07, 6.45) is 5.68. The Morgan fingerprint density at radius 1 is 1.29 bits per heavy atom. The highest BCUT2D eigenvalue weighted by molar-refractivity contribution is 5.95. The highest BCUT2D eigenvalue weighted by atomic mass is 16.1. The van der Waals surface area contributed by atoms with E-state index in [0.29, 0.717) is 18.0 Å². The summed E-state index contributed by atoms with van der Waals surface area (Å²) in [5, 5.41) is 4.13. The van der Waals surface area contributed by atoms with Gasteiger partial charge in [0.25, 0.3) is 0 Å². The van der Waals surface area contributed by atoms with E-state index in [1.165, 1.54) is 0 Å². The number of anilines is 2. The zero-order valence-corrected chi connectivity index (χ0v) is 11.4. The maximum atomic E-state index is 10.5. The predicted molar refractivity (Wildman–Crippen MR) is 81.6 cm³/mol. The SMILES string of the molecule is Cc1ccncc1-c1cc2cc(NC=O)ncc2c(N)n1. The Hall–Kier alpha value is -3.02. The lowest BCUT2D eigenvalue weighted by atomic mass is 10.1. The summed E-state index contributed by atoms with van der Waals surface area (Å²) in [6, 6.07) is 5.59. The number of nitrogens with zero attached hydrogens (tertiary/aromatic N) is 3. The number of aromatic nitrogens is 3. The Balaban J connectivity index is 2.21. The number of aryl methyl sites for hydroxylation is 1. The predicted octanol–water partition coefficient (Wildman–Crippen LogP) is 2.15. The quantitative estimate of drug-likeness (QED) is 0.716. The number of amides is 1. The van der Waals surface area contributed by atoms with Crippen LogP contribution in [0.1, 0.15) is 5.56 Å². The standard InChI is InChI=1S/C15H13N5O/c1-9-2-3-17-6-11(9)13-4-10-5-14(19-8-21)18-7-12(10)15(16)20-13/h2-8H,1H3,(H2,16,20)(H,18,19,21). The van der Waals surface area contributed by atoms with Crippen LogP contribution in [0, 0.1) is 6.92 Å². The number of carbonyl (C=O) groups is 1. The Morgan fingerprint density at radius 3 is 2.90 bits per heavy atom. The van der Waals surface area contributed by atoms with E-state index >= 15 is 0 Å². The zero-order valence-electron chi connectivity index (χ0n) is 11.4. The van der Waals surface area contributed by atoms with E-state index in [1.807, 2.05) is 19.1 Å². The number of hydrogen-bond acceptors (Lipinski definition) is 5. The molecule has 0 aromatic carbocycles. The van der Waals surface area contributed by atoms with Crippen molar-refractivity contribution in [3.05, 3.63) is 42.4 Å². The Morgan fingerprint density at radius 2 is 2.14 bits per heavy atom. The van der Waals surface area contributed by atoms with Crippen molar-refractivity contribution in [2.75, 3.05) is 11.1 Å². The van der Waals surface area contributed by atoms with Crippen molar-refractivity contribution in [1.29, 1.82) is 0 Å². The number of fused-ring (bicyclic) bond motifs is 1. The molecule has 3 heterocycles. The molecule has 3 aromatic heterocycles. The molecule has 6 nitrogen and oxygen atoms in total. The van der Waals surface area contributed by atoms with Crippen molar-refractivity contribution >= 4 is 28.8 Å². The molecule has 0 bridgehead atoms. The van der Waals surface area contributed by atoms with Gasteiger partial charge in [0.2, 0.25) is 6.41 Å². The summed E-state index contributed by atoms with van der Waals surface area (Å²) < 4.78 is 0. The average molecular weight is 279 g/mol. The van der Waals surface area contributed by atoms with Crippen molar-refractivity contribution < 1.29 is 4.79 Å². The molecule has 21 heavy (non-hydrogen) atoms. The van der Waals surface area contributed by atoms with E-state index in [-0.39, 0.29) is 0 Å². The fraction of sp³-hybridized carbons (Fsp3) is 0.0667. The third-order valence-electron chi connectivity index (χ3n) is 3.27. The number of rotatable bonds is 3. The minimum Gasteiger partial charge on any atom is -0.383 e. The van der Waals surface area contributed by atoms with E-state index in [4.69, 9.17) is 5.73 Å². The molecular weight excluding hydrogens is 266 g/mol. The van der Waals surface area contributed by atoms with Crippen LogP contribution in [0.4, 0.5) is 11.6 Å². The monoisotopic (exact) mass is 279 g/mol. The lowest BCUT2D eigenvalue weighted by Gasteiger charge is -2.09. The molecule has 0 radical (unpaired) electrons. The van der Waals surface area contributed by atoms with Crippen LogP contribution < -0.4 is 11.1 Å². The van der Waals surface area contributed by atoms with Crippen molar-refractivity contribution in [3.63, 3.8) is 0 Å². The molecule has 0 aliphatic rings. The first-order valence-corrected chi connectivity index (χ1v) is 6.36. The van der Waals surface area contributed by atoms with Crippen LogP contribution in [-0.4, -0.2) is 21.4 Å². The molecule has 6 heteroatoms. The van der Waals surface area contributed by atoms with E-state index in [0.717, 1.165) is 27.6 Å². The van der Waals surface area contributed by atoms with Crippen LogP contribution >= 0.6 is 0 Å². The molecule has 3 N–H and O–H groups in total. The molecule has 0 saturated heterocycles. The number of carbonyl (C=O) groups excluding carboxylic acids is 1. The number of nitrogens with one attached hydrogen (secondary N) is 1. The molecule has 0 aliphatic carbocycles. The molecule has 0 unspecified atom stereocenters. The third-order valence-corrected chi connectivity index (χ3v) is 3.27. The normalized spacial score (nSPS) is 10.5. The van der Waals surface area contributed by atoms with Gasteiger partial charge in [0.05, 0.1) is 5.69 Å². The van der Waals surface area contributed by atoms with Gasteiger partial charge in [-0.1, -0.05) is 0 Å². The third kappa shape index (κ3) is 2.38. The summed E-state index contributed by atoms with van der Waals surface area (Å²) >= 11 is 0. The highest BCUT2D eigenvalue weighted by Crippen LogP contribution is 2.28. The molecule has 0 aliphatic heterocycles. The number of pyridine rings is 3. The number of nitrogens with two attached hydrogens (primary N) is 1. The van der Waals surface area contributed by atoms with Crippen LogP contribution in [-0.2, 0) is 4.79 Å². The van der Waals surface area contributed by atoms with Gasteiger partial charge in [-0.3, -0.25) is 9.78 Å². The second kappa shape index (κ2) is 5.16. The van der Waals surface area contributed by atoms with Crippen LogP contribution in [0.15, 0.2) is 36.8 Å². The maximum absolute atomic E-state index is 10.5. The number of nitrogen functional groups attached to an aromatic ring is 1. The first-order chi connectivity index (χ1) is 10.2. The Bertz CT molecular complexity index is 831. The Labute approximate surface area is 121 Å². The average Bonchev–Trinajstić information content (AvgIpc) is 2.47. The van der Waals surface area contributed by atoms with Crippen molar-refractivity contribution in [3.8, 4) is 11.3 Å². The van der Waals surface area contributed by atoms with E-state index in [1.54, 1.807) is 24.7 Å². The first-order valence-electron chi connectivity index (χ1n) is 6.36. The van der Waals surface area contributed by atoms with E-state index in [2.05, 4.69) is 20.3 Å². The van der Waals surface area contributed by atoms with E-state index in [9.17, 15) is 4.79 Å². The van der Waals surface area contributed by atoms with Crippen LogP contribution in [0.25, 0.3) is 22.0 Å².